The van der Waals surface area contributed by atoms with Gasteiger partial charge in [0.05, 0.1) is 6.67 Å². The highest BCUT2D eigenvalue weighted by Gasteiger charge is 2.44. The Hall–Kier alpha value is -0.830. The summed E-state index contributed by atoms with van der Waals surface area (Å²) in [4.78, 5) is 15.8. The van der Waals surface area contributed by atoms with Crippen LogP contribution in [0.2, 0.25) is 0 Å². The standard InChI is InChI=1S/C11H20N2O/c1-5-7-8-13-9-12(4)10(14)11(13,3)6-2/h6H,2,5,7-9H2,1,3-4H3. The van der Waals surface area contributed by atoms with E-state index in [2.05, 4.69) is 18.4 Å². The topological polar surface area (TPSA) is 23.6 Å². The summed E-state index contributed by atoms with van der Waals surface area (Å²) in [6.45, 7) is 9.56. The number of amides is 1. The zero-order chi connectivity index (χ0) is 10.8. The van der Waals surface area contributed by atoms with E-state index in [9.17, 15) is 4.79 Å². The first-order valence-electron chi connectivity index (χ1n) is 5.20. The van der Waals surface area contributed by atoms with Gasteiger partial charge >= 0.3 is 0 Å². The molecule has 1 amide bonds. The molecule has 0 spiro atoms. The van der Waals surface area contributed by atoms with Crippen LogP contribution in [-0.2, 0) is 4.79 Å². The van der Waals surface area contributed by atoms with Crippen molar-refractivity contribution in [2.75, 3.05) is 20.3 Å². The molecule has 14 heavy (non-hydrogen) atoms. The predicted molar refractivity (Wildman–Crippen MR) is 57.9 cm³/mol. The van der Waals surface area contributed by atoms with E-state index in [1.807, 2.05) is 14.0 Å². The Bertz CT molecular complexity index is 239. The van der Waals surface area contributed by atoms with Crippen LogP contribution in [-0.4, -0.2) is 41.5 Å². The van der Waals surface area contributed by atoms with Crippen LogP contribution in [0.15, 0.2) is 12.7 Å². The summed E-state index contributed by atoms with van der Waals surface area (Å²) in [6.07, 6.45) is 4.04. The van der Waals surface area contributed by atoms with E-state index in [1.54, 1.807) is 11.0 Å². The molecular formula is C11H20N2O. The molecule has 3 nitrogen and oxygen atoms in total. The van der Waals surface area contributed by atoms with Gasteiger partial charge < -0.3 is 4.90 Å². The fourth-order valence-corrected chi connectivity index (χ4v) is 1.86. The van der Waals surface area contributed by atoms with Gasteiger partial charge in [0.25, 0.3) is 0 Å². The Balaban J connectivity index is 2.75. The molecule has 0 saturated carbocycles. The van der Waals surface area contributed by atoms with E-state index in [0.29, 0.717) is 0 Å². The molecule has 0 aromatic heterocycles. The first-order valence-corrected chi connectivity index (χ1v) is 5.20. The second-order valence-corrected chi connectivity index (χ2v) is 4.11. The lowest BCUT2D eigenvalue weighted by atomic mass is 10.0. The van der Waals surface area contributed by atoms with Crippen LogP contribution in [0.5, 0.6) is 0 Å². The molecule has 80 valence electrons. The zero-order valence-corrected chi connectivity index (χ0v) is 9.42. The van der Waals surface area contributed by atoms with E-state index in [1.165, 1.54) is 0 Å². The van der Waals surface area contributed by atoms with Crippen molar-refractivity contribution in [2.24, 2.45) is 0 Å². The Morgan fingerprint density at radius 1 is 1.64 bits per heavy atom. The molecule has 0 aromatic carbocycles. The van der Waals surface area contributed by atoms with Crippen LogP contribution in [0.1, 0.15) is 26.7 Å². The number of carbonyl (C=O) groups excluding carboxylic acids is 1. The summed E-state index contributed by atoms with van der Waals surface area (Å²) >= 11 is 0. The summed E-state index contributed by atoms with van der Waals surface area (Å²) < 4.78 is 0. The summed E-state index contributed by atoms with van der Waals surface area (Å²) in [7, 11) is 1.84. The molecule has 0 N–H and O–H groups in total. The SMILES string of the molecule is C=CC1(C)C(=O)N(C)CN1CCCC. The molecule has 1 aliphatic rings. The Kier molecular flexibility index (Phi) is 3.32. The normalized spacial score (nSPS) is 28.5. The lowest BCUT2D eigenvalue weighted by Gasteiger charge is -2.28. The third-order valence-corrected chi connectivity index (χ3v) is 3.00. The highest BCUT2D eigenvalue weighted by molar-refractivity contribution is 5.89. The van der Waals surface area contributed by atoms with Gasteiger partial charge in [-0.25, -0.2) is 0 Å². The van der Waals surface area contributed by atoms with Crippen LogP contribution < -0.4 is 0 Å². The largest absolute Gasteiger partial charge is 0.331 e. The molecule has 1 saturated heterocycles. The molecule has 1 atom stereocenters. The van der Waals surface area contributed by atoms with Crippen molar-refractivity contribution in [3.05, 3.63) is 12.7 Å². The van der Waals surface area contributed by atoms with Crippen LogP contribution in [0.4, 0.5) is 0 Å². The van der Waals surface area contributed by atoms with E-state index in [-0.39, 0.29) is 5.91 Å². The van der Waals surface area contributed by atoms with E-state index < -0.39 is 5.54 Å². The minimum absolute atomic E-state index is 0.156. The highest BCUT2D eigenvalue weighted by Crippen LogP contribution is 2.26. The van der Waals surface area contributed by atoms with Gasteiger partial charge in [-0.05, 0) is 13.3 Å². The van der Waals surface area contributed by atoms with Crippen molar-refractivity contribution in [1.29, 1.82) is 0 Å². The summed E-state index contributed by atoms with van der Waals surface area (Å²) in [5, 5.41) is 0. The molecule has 0 radical (unpaired) electrons. The van der Waals surface area contributed by atoms with Gasteiger partial charge in [0.15, 0.2) is 0 Å². The lowest BCUT2D eigenvalue weighted by molar-refractivity contribution is -0.130. The monoisotopic (exact) mass is 196 g/mol. The van der Waals surface area contributed by atoms with Gasteiger partial charge in [-0.15, -0.1) is 6.58 Å². The maximum absolute atomic E-state index is 11.8. The molecule has 1 heterocycles. The highest BCUT2D eigenvalue weighted by atomic mass is 16.2. The number of hydrogen-bond donors (Lipinski definition) is 0. The van der Waals surface area contributed by atoms with Gasteiger partial charge in [0, 0.05) is 13.6 Å². The zero-order valence-electron chi connectivity index (χ0n) is 9.42. The molecule has 0 aromatic rings. The smallest absolute Gasteiger partial charge is 0.247 e. The number of unbranched alkanes of at least 4 members (excludes halogenated alkanes) is 1. The van der Waals surface area contributed by atoms with Crippen molar-refractivity contribution in [2.45, 2.75) is 32.2 Å². The second-order valence-electron chi connectivity index (χ2n) is 4.11. The average Bonchev–Trinajstić information content (AvgIpc) is 2.40. The summed E-state index contributed by atoms with van der Waals surface area (Å²) in [6, 6.07) is 0. The van der Waals surface area contributed by atoms with Crippen LogP contribution in [0.3, 0.4) is 0 Å². The third kappa shape index (κ3) is 1.69. The van der Waals surface area contributed by atoms with Crippen molar-refractivity contribution in [1.82, 2.24) is 9.80 Å². The maximum Gasteiger partial charge on any atom is 0.247 e. The molecule has 3 heteroatoms. The minimum atomic E-state index is -0.482. The van der Waals surface area contributed by atoms with Crippen molar-refractivity contribution >= 4 is 5.91 Å². The predicted octanol–water partition coefficient (Wildman–Crippen LogP) is 1.46. The van der Waals surface area contributed by atoms with Crippen molar-refractivity contribution in [3.63, 3.8) is 0 Å². The Morgan fingerprint density at radius 3 is 2.79 bits per heavy atom. The second kappa shape index (κ2) is 4.13. The number of likely N-dealkylation sites (N-methyl/N-ethyl adjacent to an activating group) is 1. The lowest BCUT2D eigenvalue weighted by Crippen LogP contribution is -2.44. The minimum Gasteiger partial charge on any atom is -0.331 e. The number of rotatable bonds is 4. The van der Waals surface area contributed by atoms with Gasteiger partial charge in [0.2, 0.25) is 5.91 Å². The summed E-state index contributed by atoms with van der Waals surface area (Å²) in [5.74, 6) is 0.156. The van der Waals surface area contributed by atoms with E-state index in [0.717, 1.165) is 26.1 Å². The fourth-order valence-electron chi connectivity index (χ4n) is 1.86. The van der Waals surface area contributed by atoms with Gasteiger partial charge in [-0.3, -0.25) is 9.69 Å². The van der Waals surface area contributed by atoms with Crippen molar-refractivity contribution in [3.8, 4) is 0 Å². The third-order valence-electron chi connectivity index (χ3n) is 3.00. The molecule has 1 fully saturated rings. The Labute approximate surface area is 86.4 Å². The van der Waals surface area contributed by atoms with Gasteiger partial charge in [-0.1, -0.05) is 19.4 Å². The molecule has 1 unspecified atom stereocenters. The quantitative estimate of drug-likeness (QED) is 0.636. The first-order chi connectivity index (χ1) is 6.56. The van der Waals surface area contributed by atoms with Crippen molar-refractivity contribution < 1.29 is 4.79 Å². The van der Waals surface area contributed by atoms with Gasteiger partial charge in [0.1, 0.15) is 5.54 Å². The number of hydrogen-bond acceptors (Lipinski definition) is 2. The fraction of sp³-hybridized carbons (Fsp3) is 0.727. The number of carbonyl (C=O) groups is 1. The van der Waals surface area contributed by atoms with Crippen LogP contribution in [0, 0.1) is 0 Å². The molecule has 0 aliphatic carbocycles. The molecule has 1 aliphatic heterocycles. The molecular weight excluding hydrogens is 176 g/mol. The Morgan fingerprint density at radius 2 is 2.29 bits per heavy atom. The van der Waals surface area contributed by atoms with Gasteiger partial charge in [-0.2, -0.15) is 0 Å². The number of nitrogens with zero attached hydrogens (tertiary/aromatic N) is 2. The van der Waals surface area contributed by atoms with Crippen LogP contribution in [0.25, 0.3) is 0 Å². The maximum atomic E-state index is 11.8. The first kappa shape index (κ1) is 11.2. The molecule has 1 rings (SSSR count). The molecule has 0 bridgehead atoms. The van der Waals surface area contributed by atoms with E-state index in [4.69, 9.17) is 0 Å². The average molecular weight is 196 g/mol. The van der Waals surface area contributed by atoms with E-state index >= 15 is 0 Å². The summed E-state index contributed by atoms with van der Waals surface area (Å²) in [5.41, 5.74) is -0.482. The van der Waals surface area contributed by atoms with Crippen LogP contribution >= 0.6 is 0 Å².